The minimum Gasteiger partial charge on any atom is -0.392 e. The maximum Gasteiger partial charge on any atom is 0.0649 e. The third-order valence-electron chi connectivity index (χ3n) is 2.71. The number of hydrogen-bond donors (Lipinski definition) is 1. The van der Waals surface area contributed by atoms with E-state index in [1.807, 2.05) is 0 Å². The molecule has 1 N–H and O–H groups in total. The van der Waals surface area contributed by atoms with Gasteiger partial charge in [0.25, 0.3) is 0 Å². The Morgan fingerprint density at radius 2 is 2.38 bits per heavy atom. The fourth-order valence-electron chi connectivity index (χ4n) is 1.73. The van der Waals surface area contributed by atoms with Crippen molar-refractivity contribution in [3.63, 3.8) is 0 Å². The van der Waals surface area contributed by atoms with E-state index in [0.29, 0.717) is 6.61 Å². The number of aliphatic hydroxyl groups is 1. The van der Waals surface area contributed by atoms with E-state index >= 15 is 0 Å². The summed E-state index contributed by atoms with van der Waals surface area (Å²) in [4.78, 5) is 0. The highest BCUT2D eigenvalue weighted by Crippen LogP contribution is 2.23. The summed E-state index contributed by atoms with van der Waals surface area (Å²) in [5, 5.41) is 9.69. The van der Waals surface area contributed by atoms with Gasteiger partial charge in [-0.1, -0.05) is 25.8 Å². The Hall–Kier alpha value is -0.340. The molecule has 0 amide bonds. The molecule has 0 bridgehead atoms. The molecule has 1 fully saturated rings. The topological polar surface area (TPSA) is 29.5 Å². The van der Waals surface area contributed by atoms with E-state index in [9.17, 15) is 5.11 Å². The predicted molar refractivity (Wildman–Crippen MR) is 53.6 cm³/mol. The molecular weight excluding hydrogens is 164 g/mol. The predicted octanol–water partition coefficient (Wildman–Crippen LogP) is 2.13. The van der Waals surface area contributed by atoms with Gasteiger partial charge in [-0.2, -0.15) is 0 Å². The summed E-state index contributed by atoms with van der Waals surface area (Å²) in [6.45, 7) is 6.49. The Morgan fingerprint density at radius 3 is 2.92 bits per heavy atom. The molecular formula is C11H20O2. The molecule has 2 nitrogen and oxygen atoms in total. The number of unbranched alkanes of at least 4 members (excludes halogenated alkanes) is 1. The molecule has 2 heteroatoms. The number of ether oxygens (including phenoxy) is 1. The highest BCUT2D eigenvalue weighted by atomic mass is 16.5. The summed E-state index contributed by atoms with van der Waals surface area (Å²) in [7, 11) is 0. The van der Waals surface area contributed by atoms with Crippen LogP contribution in [-0.4, -0.2) is 23.9 Å². The van der Waals surface area contributed by atoms with Crippen LogP contribution in [0.2, 0.25) is 0 Å². The fourth-order valence-corrected chi connectivity index (χ4v) is 1.73. The summed E-state index contributed by atoms with van der Waals surface area (Å²) in [5.41, 5.74) is 0. The van der Waals surface area contributed by atoms with Gasteiger partial charge in [-0.05, 0) is 6.42 Å². The average Bonchev–Trinajstić information content (AvgIpc) is 2.15. The molecule has 0 aromatic carbocycles. The Balaban J connectivity index is 2.28. The van der Waals surface area contributed by atoms with Crippen LogP contribution in [0.15, 0.2) is 12.7 Å². The van der Waals surface area contributed by atoms with Crippen LogP contribution in [0.25, 0.3) is 0 Å². The van der Waals surface area contributed by atoms with Crippen LogP contribution in [0.3, 0.4) is 0 Å². The van der Waals surface area contributed by atoms with Crippen molar-refractivity contribution in [2.75, 3.05) is 6.61 Å². The second-order valence-corrected chi connectivity index (χ2v) is 3.80. The molecule has 76 valence electrons. The first-order chi connectivity index (χ1) is 6.27. The van der Waals surface area contributed by atoms with E-state index in [1.54, 1.807) is 6.08 Å². The average molecular weight is 184 g/mol. The molecule has 13 heavy (non-hydrogen) atoms. The second kappa shape index (κ2) is 5.40. The Morgan fingerprint density at radius 1 is 1.62 bits per heavy atom. The monoisotopic (exact) mass is 184 g/mol. The van der Waals surface area contributed by atoms with Crippen molar-refractivity contribution in [2.45, 2.75) is 44.8 Å². The molecule has 0 spiro atoms. The van der Waals surface area contributed by atoms with Gasteiger partial charge >= 0.3 is 0 Å². The van der Waals surface area contributed by atoms with Crippen molar-refractivity contribution < 1.29 is 9.84 Å². The Labute approximate surface area is 80.6 Å². The molecule has 3 atom stereocenters. The first-order valence-corrected chi connectivity index (χ1v) is 5.20. The van der Waals surface area contributed by atoms with Crippen LogP contribution in [-0.2, 0) is 4.74 Å². The first-order valence-electron chi connectivity index (χ1n) is 5.20. The van der Waals surface area contributed by atoms with E-state index in [4.69, 9.17) is 4.74 Å². The molecule has 1 saturated heterocycles. The zero-order chi connectivity index (χ0) is 9.68. The van der Waals surface area contributed by atoms with Crippen molar-refractivity contribution in [1.82, 2.24) is 0 Å². The van der Waals surface area contributed by atoms with Crippen LogP contribution < -0.4 is 0 Å². The lowest BCUT2D eigenvalue weighted by atomic mass is 9.93. The van der Waals surface area contributed by atoms with E-state index in [0.717, 1.165) is 12.8 Å². The van der Waals surface area contributed by atoms with Crippen molar-refractivity contribution in [1.29, 1.82) is 0 Å². The van der Waals surface area contributed by atoms with Crippen LogP contribution in [0.5, 0.6) is 0 Å². The minimum atomic E-state index is -0.242. The highest BCUT2D eigenvalue weighted by Gasteiger charge is 2.27. The van der Waals surface area contributed by atoms with Crippen LogP contribution in [0.4, 0.5) is 0 Å². The second-order valence-electron chi connectivity index (χ2n) is 3.80. The summed E-state index contributed by atoms with van der Waals surface area (Å²) in [6.07, 6.45) is 6.06. The molecule has 0 aromatic rings. The quantitative estimate of drug-likeness (QED) is 0.678. The highest BCUT2D eigenvalue weighted by molar-refractivity contribution is 4.89. The standard InChI is InChI=1S/C11H20O2/c1-3-5-6-10-7-11(12)9(4-2)8-13-10/h4,9-12H,2-3,5-8H2,1H3/t9-,10+,11+/m0/s1. The molecule has 0 radical (unpaired) electrons. The summed E-state index contributed by atoms with van der Waals surface area (Å²) < 4.78 is 5.62. The third-order valence-corrected chi connectivity index (χ3v) is 2.71. The Kier molecular flexibility index (Phi) is 4.46. The largest absolute Gasteiger partial charge is 0.392 e. The van der Waals surface area contributed by atoms with Crippen molar-refractivity contribution >= 4 is 0 Å². The van der Waals surface area contributed by atoms with Gasteiger partial charge in [0.05, 0.1) is 18.8 Å². The van der Waals surface area contributed by atoms with Crippen molar-refractivity contribution in [3.05, 3.63) is 12.7 Å². The summed E-state index contributed by atoms with van der Waals surface area (Å²) in [5.74, 6) is 0.137. The lowest BCUT2D eigenvalue weighted by Gasteiger charge is -2.31. The lowest BCUT2D eigenvalue weighted by molar-refractivity contribution is -0.0718. The van der Waals surface area contributed by atoms with Gasteiger partial charge in [0.1, 0.15) is 0 Å². The number of hydrogen-bond acceptors (Lipinski definition) is 2. The smallest absolute Gasteiger partial charge is 0.0649 e. The molecule has 0 unspecified atom stereocenters. The van der Waals surface area contributed by atoms with Crippen molar-refractivity contribution in [3.8, 4) is 0 Å². The van der Waals surface area contributed by atoms with Gasteiger partial charge in [0.15, 0.2) is 0 Å². The van der Waals surface area contributed by atoms with Crippen molar-refractivity contribution in [2.24, 2.45) is 5.92 Å². The normalized spacial score (nSPS) is 34.5. The zero-order valence-corrected chi connectivity index (χ0v) is 8.41. The fraction of sp³-hybridized carbons (Fsp3) is 0.818. The minimum absolute atomic E-state index is 0.137. The van der Waals surface area contributed by atoms with Gasteiger partial charge in [-0.3, -0.25) is 0 Å². The Bertz CT molecular complexity index is 156. The van der Waals surface area contributed by atoms with Crippen LogP contribution in [0.1, 0.15) is 32.6 Å². The van der Waals surface area contributed by atoms with Gasteiger partial charge in [-0.15, -0.1) is 6.58 Å². The number of aliphatic hydroxyl groups excluding tert-OH is 1. The van der Waals surface area contributed by atoms with Crippen LogP contribution >= 0.6 is 0 Å². The van der Waals surface area contributed by atoms with Crippen LogP contribution in [0, 0.1) is 5.92 Å². The van der Waals surface area contributed by atoms with E-state index in [1.165, 1.54) is 12.8 Å². The van der Waals surface area contributed by atoms with Gasteiger partial charge < -0.3 is 9.84 Å². The molecule has 1 rings (SSSR count). The summed E-state index contributed by atoms with van der Waals surface area (Å²) >= 11 is 0. The van der Waals surface area contributed by atoms with Gasteiger partial charge in [0, 0.05) is 12.3 Å². The molecule has 1 heterocycles. The zero-order valence-electron chi connectivity index (χ0n) is 8.41. The molecule has 0 saturated carbocycles. The number of rotatable bonds is 4. The third kappa shape index (κ3) is 3.12. The maximum atomic E-state index is 9.69. The first kappa shape index (κ1) is 10.7. The molecule has 1 aliphatic rings. The summed E-state index contributed by atoms with van der Waals surface area (Å²) in [6, 6.07) is 0. The van der Waals surface area contributed by atoms with E-state index < -0.39 is 0 Å². The maximum absolute atomic E-state index is 9.69. The molecule has 1 aliphatic heterocycles. The lowest BCUT2D eigenvalue weighted by Crippen LogP contribution is -2.36. The van der Waals surface area contributed by atoms with E-state index in [-0.39, 0.29) is 18.1 Å². The van der Waals surface area contributed by atoms with Gasteiger partial charge in [-0.25, -0.2) is 0 Å². The molecule has 0 aromatic heterocycles. The van der Waals surface area contributed by atoms with E-state index in [2.05, 4.69) is 13.5 Å². The van der Waals surface area contributed by atoms with Gasteiger partial charge in [0.2, 0.25) is 0 Å². The molecule has 0 aliphatic carbocycles. The SMILES string of the molecule is C=C[C@H]1CO[C@H](CCCC)C[C@H]1O.